The van der Waals surface area contributed by atoms with E-state index < -0.39 is 0 Å². The van der Waals surface area contributed by atoms with E-state index in [0.717, 1.165) is 43.3 Å². The number of hydrogen-bond acceptors (Lipinski definition) is 3. The monoisotopic (exact) mass is 304 g/mol. The third-order valence-electron chi connectivity index (χ3n) is 3.89. The molecule has 112 valence electrons. The molecule has 0 aromatic carbocycles. The molecule has 0 aliphatic carbocycles. The zero-order valence-electron chi connectivity index (χ0n) is 12.2. The van der Waals surface area contributed by atoms with Gasteiger partial charge in [-0.2, -0.15) is 0 Å². The van der Waals surface area contributed by atoms with Crippen LogP contribution in [0.25, 0.3) is 5.69 Å². The first kappa shape index (κ1) is 14.4. The van der Waals surface area contributed by atoms with Gasteiger partial charge in [-0.05, 0) is 36.9 Å². The lowest BCUT2D eigenvalue weighted by atomic mass is 10.1. The number of ether oxygens (including phenoxy) is 1. The van der Waals surface area contributed by atoms with Crippen molar-refractivity contribution >= 4 is 17.2 Å². The van der Waals surface area contributed by atoms with Crippen LogP contribution in [0, 0.1) is 5.92 Å². The second-order valence-electron chi connectivity index (χ2n) is 5.30. The number of aromatic nitrogens is 1. The second-order valence-corrected chi connectivity index (χ2v) is 6.21. The highest BCUT2D eigenvalue weighted by molar-refractivity contribution is 7.12. The van der Waals surface area contributed by atoms with Gasteiger partial charge in [0.15, 0.2) is 0 Å². The van der Waals surface area contributed by atoms with Crippen molar-refractivity contribution < 1.29 is 9.53 Å². The van der Waals surface area contributed by atoms with Crippen LogP contribution in [0.5, 0.6) is 0 Å². The molecule has 1 aliphatic heterocycles. The molecule has 5 heteroatoms. The Labute approximate surface area is 128 Å². The minimum Gasteiger partial charge on any atom is -0.381 e. The maximum Gasteiger partial charge on any atom is 0.266 e. The topological polar surface area (TPSA) is 34.5 Å². The average Bonchev–Trinajstić information content (AvgIpc) is 3.25. The average molecular weight is 304 g/mol. The van der Waals surface area contributed by atoms with E-state index in [4.69, 9.17) is 4.74 Å². The molecule has 2 aromatic rings. The Morgan fingerprint density at radius 3 is 2.95 bits per heavy atom. The van der Waals surface area contributed by atoms with Crippen LogP contribution in [0.15, 0.2) is 36.0 Å². The Morgan fingerprint density at radius 1 is 1.48 bits per heavy atom. The van der Waals surface area contributed by atoms with Gasteiger partial charge >= 0.3 is 0 Å². The third kappa shape index (κ3) is 3.04. The molecular formula is C16H20N2O2S. The summed E-state index contributed by atoms with van der Waals surface area (Å²) in [6.45, 7) is 5.16. The Balaban J connectivity index is 1.78. The van der Waals surface area contributed by atoms with Gasteiger partial charge in [-0.3, -0.25) is 4.79 Å². The van der Waals surface area contributed by atoms with Gasteiger partial charge in [0.2, 0.25) is 0 Å². The van der Waals surface area contributed by atoms with E-state index in [2.05, 4.69) is 0 Å². The molecule has 0 N–H and O–H groups in total. The lowest BCUT2D eigenvalue weighted by molar-refractivity contribution is 0.0735. The van der Waals surface area contributed by atoms with Gasteiger partial charge in [0, 0.05) is 38.0 Å². The summed E-state index contributed by atoms with van der Waals surface area (Å²) in [6, 6.07) is 5.95. The Bertz CT molecular complexity index is 585. The Morgan fingerprint density at radius 2 is 2.29 bits per heavy atom. The van der Waals surface area contributed by atoms with Crippen molar-refractivity contribution in [3.05, 3.63) is 40.8 Å². The zero-order chi connectivity index (χ0) is 14.7. The predicted octanol–water partition coefficient (Wildman–Crippen LogP) is 3.04. The molecule has 1 atom stereocenters. The molecule has 2 aromatic heterocycles. The van der Waals surface area contributed by atoms with Gasteiger partial charge in [0.25, 0.3) is 5.91 Å². The quantitative estimate of drug-likeness (QED) is 0.851. The van der Waals surface area contributed by atoms with Crippen molar-refractivity contribution in [2.24, 2.45) is 5.92 Å². The first-order valence-electron chi connectivity index (χ1n) is 7.37. The fourth-order valence-corrected chi connectivity index (χ4v) is 3.56. The molecule has 3 rings (SSSR count). The summed E-state index contributed by atoms with van der Waals surface area (Å²) in [5.41, 5.74) is 0.969. The predicted molar refractivity (Wildman–Crippen MR) is 84.1 cm³/mol. The first-order chi connectivity index (χ1) is 10.3. The van der Waals surface area contributed by atoms with E-state index in [1.807, 2.05) is 52.4 Å². The molecule has 0 spiro atoms. The van der Waals surface area contributed by atoms with Gasteiger partial charge < -0.3 is 14.2 Å². The van der Waals surface area contributed by atoms with E-state index in [0.29, 0.717) is 5.92 Å². The first-order valence-corrected chi connectivity index (χ1v) is 8.25. The number of amides is 1. The second kappa shape index (κ2) is 6.45. The molecule has 0 saturated carbocycles. The number of nitrogens with zero attached hydrogens (tertiary/aromatic N) is 2. The summed E-state index contributed by atoms with van der Waals surface area (Å²) in [7, 11) is 0. The van der Waals surface area contributed by atoms with Crippen LogP contribution >= 0.6 is 11.3 Å². The van der Waals surface area contributed by atoms with Crippen LogP contribution in [0.2, 0.25) is 0 Å². The SMILES string of the molecule is CCN(C[C@H]1CCOC1)C(=O)c1sccc1-n1cccc1. The maximum absolute atomic E-state index is 12.8. The fraction of sp³-hybridized carbons (Fsp3) is 0.438. The standard InChI is InChI=1S/C16H20N2O2S/c1-2-17(11-13-5-9-20-12-13)16(19)15-14(6-10-21-15)18-7-3-4-8-18/h3-4,6-8,10,13H,2,5,9,11-12H2,1H3/t13-/m1/s1. The molecule has 4 nitrogen and oxygen atoms in total. The number of rotatable bonds is 5. The highest BCUT2D eigenvalue weighted by Crippen LogP contribution is 2.24. The number of hydrogen-bond donors (Lipinski definition) is 0. The van der Waals surface area contributed by atoms with E-state index in [1.54, 1.807) is 0 Å². The third-order valence-corrected chi connectivity index (χ3v) is 4.78. The summed E-state index contributed by atoms with van der Waals surface area (Å²) in [5, 5.41) is 1.98. The molecule has 0 radical (unpaired) electrons. The van der Waals surface area contributed by atoms with Crippen molar-refractivity contribution in [3.63, 3.8) is 0 Å². The van der Waals surface area contributed by atoms with Gasteiger partial charge in [-0.15, -0.1) is 11.3 Å². The highest BCUT2D eigenvalue weighted by atomic mass is 32.1. The van der Waals surface area contributed by atoms with Crippen molar-refractivity contribution in [1.82, 2.24) is 9.47 Å². The molecule has 1 saturated heterocycles. The summed E-state index contributed by atoms with van der Waals surface area (Å²) in [6.07, 6.45) is 5.00. The van der Waals surface area contributed by atoms with Crippen molar-refractivity contribution in [2.45, 2.75) is 13.3 Å². The zero-order valence-corrected chi connectivity index (χ0v) is 13.0. The van der Waals surface area contributed by atoms with Crippen LogP contribution in [0.4, 0.5) is 0 Å². The minimum absolute atomic E-state index is 0.128. The van der Waals surface area contributed by atoms with Gasteiger partial charge in [-0.1, -0.05) is 0 Å². The van der Waals surface area contributed by atoms with Crippen molar-refractivity contribution in [2.75, 3.05) is 26.3 Å². The van der Waals surface area contributed by atoms with E-state index >= 15 is 0 Å². The summed E-state index contributed by atoms with van der Waals surface area (Å²) in [5.74, 6) is 0.604. The number of thiophene rings is 1. The highest BCUT2D eigenvalue weighted by Gasteiger charge is 2.24. The lowest BCUT2D eigenvalue weighted by Crippen LogP contribution is -2.35. The van der Waals surface area contributed by atoms with Crippen molar-refractivity contribution in [1.29, 1.82) is 0 Å². The van der Waals surface area contributed by atoms with E-state index in [1.165, 1.54) is 11.3 Å². The van der Waals surface area contributed by atoms with Gasteiger partial charge in [-0.25, -0.2) is 0 Å². The largest absolute Gasteiger partial charge is 0.381 e. The molecule has 1 amide bonds. The molecular weight excluding hydrogens is 284 g/mol. The summed E-state index contributed by atoms with van der Waals surface area (Å²) in [4.78, 5) is 15.6. The van der Waals surface area contributed by atoms with Crippen LogP contribution in [0.1, 0.15) is 23.0 Å². The summed E-state index contributed by atoms with van der Waals surface area (Å²) >= 11 is 1.51. The molecule has 1 fully saturated rings. The maximum atomic E-state index is 12.8. The van der Waals surface area contributed by atoms with Crippen molar-refractivity contribution in [3.8, 4) is 5.69 Å². The summed E-state index contributed by atoms with van der Waals surface area (Å²) < 4.78 is 7.41. The van der Waals surface area contributed by atoms with Crippen LogP contribution in [-0.2, 0) is 4.74 Å². The van der Waals surface area contributed by atoms with Gasteiger partial charge in [0.05, 0.1) is 12.3 Å². The number of carbonyl (C=O) groups excluding carboxylic acids is 1. The molecule has 3 heterocycles. The Kier molecular flexibility index (Phi) is 4.41. The Hall–Kier alpha value is -1.59. The molecule has 0 bridgehead atoms. The van der Waals surface area contributed by atoms with Gasteiger partial charge in [0.1, 0.15) is 4.88 Å². The fourth-order valence-electron chi connectivity index (χ4n) is 2.70. The van der Waals surface area contributed by atoms with Crippen LogP contribution in [-0.4, -0.2) is 41.7 Å². The van der Waals surface area contributed by atoms with Crippen LogP contribution < -0.4 is 0 Å². The number of carbonyl (C=O) groups is 1. The minimum atomic E-state index is 0.128. The molecule has 21 heavy (non-hydrogen) atoms. The van der Waals surface area contributed by atoms with E-state index in [-0.39, 0.29) is 5.91 Å². The molecule has 0 unspecified atom stereocenters. The lowest BCUT2D eigenvalue weighted by Gasteiger charge is -2.23. The molecule has 1 aliphatic rings. The normalized spacial score (nSPS) is 18.0. The van der Waals surface area contributed by atoms with E-state index in [9.17, 15) is 4.79 Å². The van der Waals surface area contributed by atoms with Crippen LogP contribution in [0.3, 0.4) is 0 Å². The smallest absolute Gasteiger partial charge is 0.266 e.